The van der Waals surface area contributed by atoms with Crippen LogP contribution in [0.15, 0.2) is 42.5 Å². The maximum absolute atomic E-state index is 11.9. The van der Waals surface area contributed by atoms with Crippen LogP contribution in [-0.4, -0.2) is 18.2 Å². The van der Waals surface area contributed by atoms with Gasteiger partial charge in [0.2, 0.25) is 5.91 Å². The molecule has 0 heterocycles. The number of hydrogen-bond donors (Lipinski definition) is 2. The maximum Gasteiger partial charge on any atom is 0.243 e. The summed E-state index contributed by atoms with van der Waals surface area (Å²) in [5.41, 5.74) is 3.05. The van der Waals surface area contributed by atoms with Crippen molar-refractivity contribution in [1.82, 2.24) is 0 Å². The topological polar surface area (TPSA) is 58.2 Å². The standard InChI is InChI=1S/C17H17ClN2O2/c1-11-3-6-15(9-16(11)18)19-10-17(22)20-14-7-4-13(5-8-14)12(2)21/h3-9,19H,10H2,1-2H3,(H,20,22). The number of hydrogen-bond acceptors (Lipinski definition) is 3. The van der Waals surface area contributed by atoms with Crippen molar-refractivity contribution in [3.63, 3.8) is 0 Å². The van der Waals surface area contributed by atoms with Crippen LogP contribution in [0.25, 0.3) is 0 Å². The van der Waals surface area contributed by atoms with E-state index in [2.05, 4.69) is 10.6 Å². The Morgan fingerprint density at radius 1 is 1.05 bits per heavy atom. The van der Waals surface area contributed by atoms with Gasteiger partial charge in [0, 0.05) is 22.0 Å². The fraction of sp³-hybridized carbons (Fsp3) is 0.176. The molecule has 2 rings (SSSR count). The average Bonchev–Trinajstić information content (AvgIpc) is 2.49. The lowest BCUT2D eigenvalue weighted by molar-refractivity contribution is -0.114. The molecule has 0 radical (unpaired) electrons. The molecule has 114 valence electrons. The first-order chi connectivity index (χ1) is 10.5. The van der Waals surface area contributed by atoms with E-state index in [-0.39, 0.29) is 18.2 Å². The Bertz CT molecular complexity index is 696. The number of nitrogens with one attached hydrogen (secondary N) is 2. The molecule has 0 saturated heterocycles. The van der Waals surface area contributed by atoms with Gasteiger partial charge >= 0.3 is 0 Å². The van der Waals surface area contributed by atoms with Crippen molar-refractivity contribution in [2.45, 2.75) is 13.8 Å². The van der Waals surface area contributed by atoms with Gasteiger partial charge in [-0.1, -0.05) is 17.7 Å². The number of ketones is 1. The Balaban J connectivity index is 1.89. The highest BCUT2D eigenvalue weighted by molar-refractivity contribution is 6.31. The van der Waals surface area contributed by atoms with Crippen LogP contribution in [0.3, 0.4) is 0 Å². The van der Waals surface area contributed by atoms with E-state index < -0.39 is 0 Å². The molecule has 5 heteroatoms. The molecule has 0 aliphatic carbocycles. The van der Waals surface area contributed by atoms with Gasteiger partial charge < -0.3 is 10.6 Å². The number of rotatable bonds is 5. The molecule has 2 aromatic carbocycles. The third-order valence-corrected chi connectivity index (χ3v) is 3.61. The molecule has 0 unspecified atom stereocenters. The van der Waals surface area contributed by atoms with E-state index in [0.29, 0.717) is 16.3 Å². The quantitative estimate of drug-likeness (QED) is 0.822. The fourth-order valence-corrected chi connectivity index (χ4v) is 2.06. The Morgan fingerprint density at radius 3 is 2.27 bits per heavy atom. The van der Waals surface area contributed by atoms with Gasteiger partial charge in [0.05, 0.1) is 6.54 Å². The highest BCUT2D eigenvalue weighted by atomic mass is 35.5. The van der Waals surface area contributed by atoms with Crippen LogP contribution < -0.4 is 10.6 Å². The average molecular weight is 317 g/mol. The number of carbonyl (C=O) groups excluding carboxylic acids is 2. The molecular weight excluding hydrogens is 300 g/mol. The summed E-state index contributed by atoms with van der Waals surface area (Å²) in [6.45, 7) is 3.56. The second-order valence-corrected chi connectivity index (χ2v) is 5.41. The summed E-state index contributed by atoms with van der Waals surface area (Å²) in [7, 11) is 0. The predicted molar refractivity (Wildman–Crippen MR) is 89.8 cm³/mol. The lowest BCUT2D eigenvalue weighted by Crippen LogP contribution is -2.21. The molecule has 2 aromatic rings. The van der Waals surface area contributed by atoms with Gasteiger partial charge in [-0.3, -0.25) is 9.59 Å². The Kier molecular flexibility index (Phi) is 5.17. The molecule has 22 heavy (non-hydrogen) atoms. The Labute approximate surface area is 134 Å². The zero-order valence-corrected chi connectivity index (χ0v) is 13.2. The second kappa shape index (κ2) is 7.09. The highest BCUT2D eigenvalue weighted by Crippen LogP contribution is 2.19. The fourth-order valence-electron chi connectivity index (χ4n) is 1.88. The summed E-state index contributed by atoms with van der Waals surface area (Å²) in [6, 6.07) is 12.3. The molecule has 0 aromatic heterocycles. The molecule has 0 fully saturated rings. The van der Waals surface area contributed by atoms with Crippen molar-refractivity contribution in [2.24, 2.45) is 0 Å². The van der Waals surface area contributed by atoms with E-state index >= 15 is 0 Å². The zero-order chi connectivity index (χ0) is 16.1. The minimum atomic E-state index is -0.174. The lowest BCUT2D eigenvalue weighted by Gasteiger charge is -2.09. The highest BCUT2D eigenvalue weighted by Gasteiger charge is 2.04. The van der Waals surface area contributed by atoms with Crippen molar-refractivity contribution in [1.29, 1.82) is 0 Å². The van der Waals surface area contributed by atoms with Crippen LogP contribution in [-0.2, 0) is 4.79 Å². The summed E-state index contributed by atoms with van der Waals surface area (Å²) >= 11 is 6.03. The van der Waals surface area contributed by atoms with Crippen LogP contribution in [0, 0.1) is 6.92 Å². The number of Topliss-reactive ketones (excluding diaryl/α,β-unsaturated/α-hetero) is 1. The predicted octanol–water partition coefficient (Wildman–Crippen LogP) is 3.90. The van der Waals surface area contributed by atoms with E-state index in [1.807, 2.05) is 19.1 Å². The van der Waals surface area contributed by atoms with E-state index in [1.165, 1.54) is 6.92 Å². The SMILES string of the molecule is CC(=O)c1ccc(NC(=O)CNc2ccc(C)c(Cl)c2)cc1. The van der Waals surface area contributed by atoms with Gasteiger partial charge in [0.25, 0.3) is 0 Å². The van der Waals surface area contributed by atoms with Crippen molar-refractivity contribution < 1.29 is 9.59 Å². The normalized spacial score (nSPS) is 10.1. The molecule has 0 saturated carbocycles. The summed E-state index contributed by atoms with van der Waals surface area (Å²) in [5.74, 6) is -0.178. The first-order valence-electron chi connectivity index (χ1n) is 6.86. The first-order valence-corrected chi connectivity index (χ1v) is 7.24. The summed E-state index contributed by atoms with van der Waals surface area (Å²) in [6.07, 6.45) is 0. The molecular formula is C17H17ClN2O2. The van der Waals surface area contributed by atoms with Crippen molar-refractivity contribution in [3.8, 4) is 0 Å². The molecule has 1 amide bonds. The van der Waals surface area contributed by atoms with Gasteiger partial charge in [-0.25, -0.2) is 0 Å². The van der Waals surface area contributed by atoms with E-state index in [1.54, 1.807) is 30.3 Å². The van der Waals surface area contributed by atoms with Crippen LogP contribution in [0.5, 0.6) is 0 Å². The summed E-state index contributed by atoms with van der Waals surface area (Å²) < 4.78 is 0. The van der Waals surface area contributed by atoms with E-state index in [9.17, 15) is 9.59 Å². The third-order valence-electron chi connectivity index (χ3n) is 3.20. The van der Waals surface area contributed by atoms with Crippen molar-refractivity contribution >= 4 is 34.7 Å². The van der Waals surface area contributed by atoms with Crippen LogP contribution in [0.2, 0.25) is 5.02 Å². The number of carbonyl (C=O) groups is 2. The van der Waals surface area contributed by atoms with Crippen LogP contribution in [0.4, 0.5) is 11.4 Å². The summed E-state index contributed by atoms with van der Waals surface area (Å²) in [5, 5.41) is 6.43. The zero-order valence-electron chi connectivity index (χ0n) is 12.4. The molecule has 0 spiro atoms. The Morgan fingerprint density at radius 2 is 1.68 bits per heavy atom. The van der Waals surface area contributed by atoms with Gasteiger partial charge in [0.1, 0.15) is 0 Å². The van der Waals surface area contributed by atoms with Gasteiger partial charge in [0.15, 0.2) is 5.78 Å². The van der Waals surface area contributed by atoms with Crippen molar-refractivity contribution in [3.05, 3.63) is 58.6 Å². The molecule has 2 N–H and O–H groups in total. The minimum absolute atomic E-state index is 0.00390. The molecule has 0 aliphatic heterocycles. The van der Waals surface area contributed by atoms with Gasteiger partial charge in [-0.2, -0.15) is 0 Å². The number of halogens is 1. The molecule has 0 bridgehead atoms. The van der Waals surface area contributed by atoms with Gasteiger partial charge in [-0.05, 0) is 55.8 Å². The van der Waals surface area contributed by atoms with Crippen molar-refractivity contribution in [2.75, 3.05) is 17.2 Å². The molecule has 0 aliphatic rings. The van der Waals surface area contributed by atoms with E-state index in [4.69, 9.17) is 11.6 Å². The number of anilines is 2. The largest absolute Gasteiger partial charge is 0.376 e. The number of aryl methyl sites for hydroxylation is 1. The van der Waals surface area contributed by atoms with E-state index in [0.717, 1.165) is 11.3 Å². The Hall–Kier alpha value is -2.33. The number of benzene rings is 2. The number of amides is 1. The maximum atomic E-state index is 11.9. The summed E-state index contributed by atoms with van der Waals surface area (Å²) in [4.78, 5) is 23.1. The van der Waals surface area contributed by atoms with Crippen LogP contribution >= 0.6 is 11.6 Å². The smallest absolute Gasteiger partial charge is 0.243 e. The molecule has 0 atom stereocenters. The van der Waals surface area contributed by atoms with Crippen LogP contribution in [0.1, 0.15) is 22.8 Å². The van der Waals surface area contributed by atoms with Gasteiger partial charge in [-0.15, -0.1) is 0 Å². The second-order valence-electron chi connectivity index (χ2n) is 5.00. The molecule has 4 nitrogen and oxygen atoms in total. The first kappa shape index (κ1) is 16.0. The third kappa shape index (κ3) is 4.33. The lowest BCUT2D eigenvalue weighted by atomic mass is 10.1. The monoisotopic (exact) mass is 316 g/mol. The minimum Gasteiger partial charge on any atom is -0.376 e.